The molecule has 2 rings (SSSR count). The van der Waals surface area contributed by atoms with Crippen LogP contribution in [0.5, 0.6) is 0 Å². The number of amides is 1. The number of nitrogens with one attached hydrogen (secondary N) is 1. The van der Waals surface area contributed by atoms with Gasteiger partial charge in [-0.05, 0) is 64.0 Å². The van der Waals surface area contributed by atoms with Gasteiger partial charge in [0.25, 0.3) is 0 Å². The SMILES string of the molecule is CC(C)(C(=O)NCC1CCC(CN)CC1)n1ccc(N)n1. The van der Waals surface area contributed by atoms with Crippen molar-refractivity contribution in [2.75, 3.05) is 18.8 Å². The van der Waals surface area contributed by atoms with Crippen molar-refractivity contribution >= 4 is 11.7 Å². The Morgan fingerprint density at radius 2 is 2.00 bits per heavy atom. The Kier molecular flexibility index (Phi) is 4.88. The lowest BCUT2D eigenvalue weighted by Crippen LogP contribution is -2.46. The number of anilines is 1. The minimum absolute atomic E-state index is 0.0217. The van der Waals surface area contributed by atoms with E-state index in [4.69, 9.17) is 11.5 Å². The molecular weight excluding hydrogens is 266 g/mol. The Hall–Kier alpha value is -1.56. The van der Waals surface area contributed by atoms with Crippen LogP contribution in [0.3, 0.4) is 0 Å². The van der Waals surface area contributed by atoms with Gasteiger partial charge in [0.05, 0.1) is 0 Å². The van der Waals surface area contributed by atoms with Gasteiger partial charge in [-0.25, -0.2) is 0 Å². The number of carbonyl (C=O) groups is 1. The molecule has 1 amide bonds. The van der Waals surface area contributed by atoms with Crippen LogP contribution in [0.2, 0.25) is 0 Å². The molecule has 21 heavy (non-hydrogen) atoms. The number of hydrogen-bond acceptors (Lipinski definition) is 4. The van der Waals surface area contributed by atoms with Gasteiger partial charge >= 0.3 is 0 Å². The lowest BCUT2D eigenvalue weighted by Gasteiger charge is -2.29. The van der Waals surface area contributed by atoms with E-state index in [1.165, 1.54) is 12.8 Å². The predicted octanol–water partition coefficient (Wildman–Crippen LogP) is 1.08. The highest BCUT2D eigenvalue weighted by atomic mass is 16.2. The van der Waals surface area contributed by atoms with E-state index in [1.807, 2.05) is 13.8 Å². The topological polar surface area (TPSA) is 99.0 Å². The molecule has 118 valence electrons. The van der Waals surface area contributed by atoms with Crippen molar-refractivity contribution in [3.63, 3.8) is 0 Å². The number of hydrogen-bond donors (Lipinski definition) is 3. The van der Waals surface area contributed by atoms with E-state index in [1.54, 1.807) is 16.9 Å². The normalized spacial score (nSPS) is 23.0. The number of nitrogens with two attached hydrogens (primary N) is 2. The van der Waals surface area contributed by atoms with Crippen LogP contribution in [0.4, 0.5) is 5.82 Å². The van der Waals surface area contributed by atoms with Crippen LogP contribution in [-0.4, -0.2) is 28.8 Å². The van der Waals surface area contributed by atoms with E-state index in [2.05, 4.69) is 10.4 Å². The van der Waals surface area contributed by atoms with E-state index >= 15 is 0 Å². The van der Waals surface area contributed by atoms with E-state index < -0.39 is 5.54 Å². The first-order valence-electron chi connectivity index (χ1n) is 7.73. The zero-order chi connectivity index (χ0) is 15.5. The second-order valence-electron chi connectivity index (χ2n) is 6.58. The van der Waals surface area contributed by atoms with Crippen LogP contribution in [0.1, 0.15) is 39.5 Å². The van der Waals surface area contributed by atoms with Gasteiger partial charge in [0.1, 0.15) is 11.4 Å². The van der Waals surface area contributed by atoms with Gasteiger partial charge in [-0.15, -0.1) is 0 Å². The van der Waals surface area contributed by atoms with Gasteiger partial charge in [-0.2, -0.15) is 5.10 Å². The summed E-state index contributed by atoms with van der Waals surface area (Å²) >= 11 is 0. The van der Waals surface area contributed by atoms with Gasteiger partial charge in [-0.3, -0.25) is 9.48 Å². The fraction of sp³-hybridized carbons (Fsp3) is 0.733. The summed E-state index contributed by atoms with van der Waals surface area (Å²) in [6.07, 6.45) is 6.39. The maximum Gasteiger partial charge on any atom is 0.247 e. The summed E-state index contributed by atoms with van der Waals surface area (Å²) in [5.41, 5.74) is 10.6. The molecule has 1 saturated carbocycles. The van der Waals surface area contributed by atoms with Crippen LogP contribution in [0.15, 0.2) is 12.3 Å². The van der Waals surface area contributed by atoms with Crippen LogP contribution in [-0.2, 0) is 10.3 Å². The van der Waals surface area contributed by atoms with E-state index in [0.717, 1.165) is 25.9 Å². The number of nitrogen functional groups attached to an aromatic ring is 1. The molecule has 0 aromatic carbocycles. The van der Waals surface area contributed by atoms with Crippen LogP contribution in [0.25, 0.3) is 0 Å². The average Bonchev–Trinajstić information content (AvgIpc) is 2.92. The molecule has 6 nitrogen and oxygen atoms in total. The maximum atomic E-state index is 12.4. The Morgan fingerprint density at radius 3 is 2.52 bits per heavy atom. The molecule has 0 radical (unpaired) electrons. The molecule has 0 atom stereocenters. The maximum absolute atomic E-state index is 12.4. The van der Waals surface area contributed by atoms with Crippen molar-refractivity contribution in [1.29, 1.82) is 0 Å². The summed E-state index contributed by atoms with van der Waals surface area (Å²) in [6, 6.07) is 1.70. The third kappa shape index (κ3) is 3.75. The van der Waals surface area contributed by atoms with Crippen molar-refractivity contribution in [2.24, 2.45) is 17.6 Å². The largest absolute Gasteiger partial charge is 0.382 e. The lowest BCUT2D eigenvalue weighted by molar-refractivity contribution is -0.129. The minimum Gasteiger partial charge on any atom is -0.382 e. The van der Waals surface area contributed by atoms with Gasteiger partial charge in [0.2, 0.25) is 5.91 Å². The molecule has 5 N–H and O–H groups in total. The van der Waals surface area contributed by atoms with Crippen LogP contribution in [0, 0.1) is 11.8 Å². The molecule has 0 saturated heterocycles. The minimum atomic E-state index is -0.730. The first-order chi connectivity index (χ1) is 9.93. The number of nitrogens with zero attached hydrogens (tertiary/aromatic N) is 2. The monoisotopic (exact) mass is 293 g/mol. The van der Waals surface area contributed by atoms with E-state index in [0.29, 0.717) is 17.7 Å². The molecule has 6 heteroatoms. The highest BCUT2D eigenvalue weighted by Gasteiger charge is 2.31. The zero-order valence-corrected chi connectivity index (χ0v) is 13.0. The summed E-state index contributed by atoms with van der Waals surface area (Å²) in [7, 11) is 0. The molecule has 0 unspecified atom stereocenters. The second kappa shape index (κ2) is 6.47. The molecule has 1 aliphatic carbocycles. The van der Waals surface area contributed by atoms with Gasteiger partial charge < -0.3 is 16.8 Å². The van der Waals surface area contributed by atoms with Crippen LogP contribution < -0.4 is 16.8 Å². The number of rotatable bonds is 5. The fourth-order valence-corrected chi connectivity index (χ4v) is 2.88. The van der Waals surface area contributed by atoms with Crippen molar-refractivity contribution in [2.45, 2.75) is 45.1 Å². The quantitative estimate of drug-likeness (QED) is 0.756. The van der Waals surface area contributed by atoms with Gasteiger partial charge in [0.15, 0.2) is 0 Å². The third-order valence-corrected chi connectivity index (χ3v) is 4.59. The van der Waals surface area contributed by atoms with Crippen molar-refractivity contribution in [1.82, 2.24) is 15.1 Å². The Bertz CT molecular complexity index is 474. The van der Waals surface area contributed by atoms with E-state index in [-0.39, 0.29) is 5.91 Å². The summed E-state index contributed by atoms with van der Waals surface area (Å²) in [6.45, 7) is 5.21. The Morgan fingerprint density at radius 1 is 1.38 bits per heavy atom. The van der Waals surface area contributed by atoms with Crippen molar-refractivity contribution < 1.29 is 4.79 Å². The number of aromatic nitrogens is 2. The molecule has 1 aromatic heterocycles. The third-order valence-electron chi connectivity index (χ3n) is 4.59. The molecule has 1 aliphatic rings. The first kappa shape index (κ1) is 15.8. The Labute approximate surface area is 126 Å². The molecule has 0 aliphatic heterocycles. The second-order valence-corrected chi connectivity index (χ2v) is 6.58. The van der Waals surface area contributed by atoms with Gasteiger partial charge in [-0.1, -0.05) is 0 Å². The zero-order valence-electron chi connectivity index (χ0n) is 13.0. The molecule has 1 aromatic rings. The first-order valence-corrected chi connectivity index (χ1v) is 7.73. The molecule has 0 spiro atoms. The highest BCUT2D eigenvalue weighted by molar-refractivity contribution is 5.83. The Balaban J connectivity index is 1.84. The summed E-state index contributed by atoms with van der Waals surface area (Å²) < 4.78 is 1.61. The fourth-order valence-electron chi connectivity index (χ4n) is 2.88. The molecule has 0 bridgehead atoms. The summed E-state index contributed by atoms with van der Waals surface area (Å²) in [5.74, 6) is 1.64. The van der Waals surface area contributed by atoms with E-state index in [9.17, 15) is 4.79 Å². The predicted molar refractivity (Wildman–Crippen MR) is 83.5 cm³/mol. The van der Waals surface area contributed by atoms with Gasteiger partial charge in [0, 0.05) is 12.7 Å². The lowest BCUT2D eigenvalue weighted by atomic mass is 9.82. The standard InChI is InChI=1S/C15H27N5O/c1-15(2,20-8-7-13(17)19-20)14(21)18-10-12-5-3-11(9-16)4-6-12/h7-8,11-12H,3-6,9-10,16H2,1-2H3,(H2,17,19)(H,18,21). The molecule has 1 fully saturated rings. The van der Waals surface area contributed by atoms with Crippen molar-refractivity contribution in [3.05, 3.63) is 12.3 Å². The van der Waals surface area contributed by atoms with Crippen molar-refractivity contribution in [3.8, 4) is 0 Å². The highest BCUT2D eigenvalue weighted by Crippen LogP contribution is 2.27. The average molecular weight is 293 g/mol. The summed E-state index contributed by atoms with van der Waals surface area (Å²) in [5, 5.41) is 7.20. The number of carbonyl (C=O) groups excluding carboxylic acids is 1. The molecule has 1 heterocycles. The van der Waals surface area contributed by atoms with Crippen LogP contribution >= 0.6 is 0 Å². The molecular formula is C15H27N5O. The smallest absolute Gasteiger partial charge is 0.247 e. The summed E-state index contributed by atoms with van der Waals surface area (Å²) in [4.78, 5) is 12.4.